The van der Waals surface area contributed by atoms with Crippen molar-refractivity contribution in [2.75, 3.05) is 0 Å². The van der Waals surface area contributed by atoms with E-state index in [1.807, 2.05) is 0 Å². The molecule has 0 unspecified atom stereocenters. The third kappa shape index (κ3) is 4.14. The fraction of sp³-hybridized carbons (Fsp3) is 0. The zero-order valence-corrected chi connectivity index (χ0v) is 18.4. The first-order chi connectivity index (χ1) is 14.4. The predicted molar refractivity (Wildman–Crippen MR) is 117 cm³/mol. The summed E-state index contributed by atoms with van der Waals surface area (Å²) >= 11 is 0. The van der Waals surface area contributed by atoms with E-state index in [9.17, 15) is 51.9 Å². The topological polar surface area (TPSA) is 217 Å². The van der Waals surface area contributed by atoms with Crippen molar-refractivity contribution >= 4 is 102 Å². The SMILES string of the molecule is O=S(=O)(O)c1c(S(=O)(=O)O)c2ccc3cccc4cc(S(=O)(=O)O)c(c1S(=O)(=O)O)c2c34.[NaH]. The number of hydrogen-bond donors (Lipinski definition) is 4. The van der Waals surface area contributed by atoms with Gasteiger partial charge in [-0.1, -0.05) is 30.3 Å². The van der Waals surface area contributed by atoms with Gasteiger partial charge >= 0.3 is 29.6 Å². The van der Waals surface area contributed by atoms with Gasteiger partial charge in [0.1, 0.15) is 19.6 Å². The van der Waals surface area contributed by atoms with Crippen LogP contribution in [0.4, 0.5) is 0 Å². The monoisotopic (exact) mass is 546 g/mol. The Hall–Kier alpha value is -1.44. The van der Waals surface area contributed by atoms with E-state index < -0.39 is 76.2 Å². The molecule has 0 bridgehead atoms. The van der Waals surface area contributed by atoms with Gasteiger partial charge in [-0.25, -0.2) is 0 Å². The Labute approximate surface area is 208 Å². The van der Waals surface area contributed by atoms with Crippen LogP contribution in [0, 0.1) is 0 Å². The standard InChI is InChI=1S/C16H10O12S4.Na.H/c17-29(18,19)10-6-8-3-1-2-7-4-5-9-12(11(7)8)13(10)15(31(23,24)25)16(32(26,27)28)14(9)30(20,21)22;;/h1-6H,(H,17,18,19)(H,20,21,22)(H,23,24,25)(H,26,27,28);;. The third-order valence-electron chi connectivity index (χ3n) is 4.80. The van der Waals surface area contributed by atoms with E-state index >= 15 is 0 Å². The van der Waals surface area contributed by atoms with Crippen LogP contribution in [0.3, 0.4) is 0 Å². The Kier molecular flexibility index (Phi) is 6.18. The summed E-state index contributed by atoms with van der Waals surface area (Å²) in [7, 11) is -22.5. The van der Waals surface area contributed by atoms with E-state index in [1.54, 1.807) is 0 Å². The van der Waals surface area contributed by atoms with Gasteiger partial charge in [-0.2, -0.15) is 33.7 Å². The molecule has 0 amide bonds. The molecular formula is C16H11NaO12S4. The van der Waals surface area contributed by atoms with Crippen molar-refractivity contribution in [1.29, 1.82) is 0 Å². The molecular weight excluding hydrogens is 535 g/mol. The molecule has 17 heteroatoms. The molecule has 0 atom stereocenters. The molecule has 0 saturated carbocycles. The first-order valence-electron chi connectivity index (χ1n) is 8.11. The molecule has 0 heterocycles. The van der Waals surface area contributed by atoms with Crippen LogP contribution in [0.2, 0.25) is 0 Å². The second-order valence-electron chi connectivity index (χ2n) is 6.70. The first kappa shape index (κ1) is 26.2. The van der Waals surface area contributed by atoms with Crippen LogP contribution in [-0.2, 0) is 40.5 Å². The summed E-state index contributed by atoms with van der Waals surface area (Å²) in [4.78, 5) is -6.60. The van der Waals surface area contributed by atoms with Crippen LogP contribution in [0.25, 0.3) is 32.3 Å². The quantitative estimate of drug-likeness (QED) is 0.160. The van der Waals surface area contributed by atoms with Crippen molar-refractivity contribution in [1.82, 2.24) is 0 Å². The third-order valence-corrected chi connectivity index (χ3v) is 8.72. The van der Waals surface area contributed by atoms with E-state index in [0.29, 0.717) is 5.39 Å². The van der Waals surface area contributed by atoms with E-state index in [2.05, 4.69) is 0 Å². The van der Waals surface area contributed by atoms with Gasteiger partial charge in [-0.05, 0) is 22.2 Å². The molecule has 4 aromatic carbocycles. The number of benzene rings is 4. The van der Waals surface area contributed by atoms with Crippen molar-refractivity contribution < 1.29 is 51.9 Å². The predicted octanol–water partition coefficient (Wildman–Crippen LogP) is 0.922. The zero-order valence-electron chi connectivity index (χ0n) is 15.2. The fourth-order valence-corrected chi connectivity index (χ4v) is 8.22. The fourth-order valence-electron chi connectivity index (χ4n) is 3.82. The number of rotatable bonds is 4. The Morgan fingerprint density at radius 1 is 0.515 bits per heavy atom. The average Bonchev–Trinajstić information content (AvgIpc) is 2.61. The van der Waals surface area contributed by atoms with Crippen molar-refractivity contribution in [2.45, 2.75) is 19.6 Å². The maximum atomic E-state index is 12.2. The molecule has 33 heavy (non-hydrogen) atoms. The zero-order chi connectivity index (χ0) is 24.0. The van der Waals surface area contributed by atoms with Crippen molar-refractivity contribution in [3.05, 3.63) is 36.4 Å². The summed E-state index contributed by atoms with van der Waals surface area (Å²) in [6, 6.07) is 7.29. The van der Waals surface area contributed by atoms with E-state index in [1.165, 1.54) is 24.3 Å². The van der Waals surface area contributed by atoms with Gasteiger partial charge in [0.05, 0.1) is 0 Å². The Bertz CT molecular complexity index is 1910. The summed E-state index contributed by atoms with van der Waals surface area (Å²) < 4.78 is 136. The summed E-state index contributed by atoms with van der Waals surface area (Å²) in [5, 5.41) is -1.88. The Balaban J connectivity index is 0.00000306. The van der Waals surface area contributed by atoms with E-state index in [0.717, 1.165) is 12.1 Å². The average molecular weight is 547 g/mol. The molecule has 0 aliphatic heterocycles. The Morgan fingerprint density at radius 2 is 1.03 bits per heavy atom. The van der Waals surface area contributed by atoms with Gasteiger partial charge in [-0.3, -0.25) is 18.2 Å². The molecule has 12 nitrogen and oxygen atoms in total. The Morgan fingerprint density at radius 3 is 1.52 bits per heavy atom. The minimum atomic E-state index is -5.84. The normalized spacial score (nSPS) is 13.6. The molecule has 172 valence electrons. The molecule has 0 radical (unpaired) electrons. The van der Waals surface area contributed by atoms with Gasteiger partial charge in [0.25, 0.3) is 40.5 Å². The molecule has 0 spiro atoms. The van der Waals surface area contributed by atoms with E-state index in [-0.39, 0.29) is 40.3 Å². The van der Waals surface area contributed by atoms with Crippen molar-refractivity contribution in [3.63, 3.8) is 0 Å². The second-order valence-corrected chi connectivity index (χ2v) is 12.2. The minimum absolute atomic E-state index is 0. The van der Waals surface area contributed by atoms with Gasteiger partial charge in [0.15, 0.2) is 0 Å². The number of hydrogen-bond acceptors (Lipinski definition) is 8. The van der Waals surface area contributed by atoms with E-state index in [4.69, 9.17) is 0 Å². The summed E-state index contributed by atoms with van der Waals surface area (Å²) in [6.07, 6.45) is 0. The van der Waals surface area contributed by atoms with Crippen molar-refractivity contribution in [3.8, 4) is 0 Å². The molecule has 4 rings (SSSR count). The van der Waals surface area contributed by atoms with Gasteiger partial charge < -0.3 is 0 Å². The molecule has 0 aliphatic carbocycles. The molecule has 4 aromatic rings. The van der Waals surface area contributed by atoms with Crippen LogP contribution in [0.1, 0.15) is 0 Å². The van der Waals surface area contributed by atoms with Crippen LogP contribution in [0.5, 0.6) is 0 Å². The summed E-state index contributed by atoms with van der Waals surface area (Å²) in [5.74, 6) is 0. The van der Waals surface area contributed by atoms with Gasteiger partial charge in [-0.15, -0.1) is 0 Å². The van der Waals surface area contributed by atoms with Crippen LogP contribution in [-0.4, -0.2) is 81.4 Å². The van der Waals surface area contributed by atoms with Crippen LogP contribution < -0.4 is 0 Å². The summed E-state index contributed by atoms with van der Waals surface area (Å²) in [5.41, 5.74) is 0. The van der Waals surface area contributed by atoms with Crippen LogP contribution >= 0.6 is 0 Å². The molecule has 4 N–H and O–H groups in total. The summed E-state index contributed by atoms with van der Waals surface area (Å²) in [6.45, 7) is 0. The van der Waals surface area contributed by atoms with Crippen molar-refractivity contribution in [2.24, 2.45) is 0 Å². The molecule has 0 saturated heterocycles. The van der Waals surface area contributed by atoms with Gasteiger partial charge in [0.2, 0.25) is 0 Å². The van der Waals surface area contributed by atoms with Gasteiger partial charge in [0, 0.05) is 16.2 Å². The van der Waals surface area contributed by atoms with Crippen LogP contribution in [0.15, 0.2) is 56.0 Å². The second kappa shape index (κ2) is 7.79. The maximum absolute atomic E-state index is 12.2. The molecule has 0 aliphatic rings. The first-order valence-corrected chi connectivity index (χ1v) is 13.9. The molecule has 0 aromatic heterocycles. The molecule has 0 fully saturated rings.